The largest absolute Gasteiger partial charge is 0.450 e. The summed E-state index contributed by atoms with van der Waals surface area (Å²) in [7, 11) is 1.91. The van der Waals surface area contributed by atoms with E-state index in [0.717, 1.165) is 43.4 Å². The standard InChI is InChI=1S/C20H21ClFN5O/c1-14-3-5-19(28-18-6-4-15(21)11-17(18)22)20(24-14)27-9-7-26(8-10-27)16-12-23-25(2)13-16/h3-6,11-13H,7-10H2,1-2H3. The van der Waals surface area contributed by atoms with Crippen molar-refractivity contribution >= 4 is 23.1 Å². The first kappa shape index (κ1) is 18.6. The maximum atomic E-state index is 14.2. The first-order valence-electron chi connectivity index (χ1n) is 9.09. The van der Waals surface area contributed by atoms with Crippen LogP contribution in [0.3, 0.4) is 0 Å². The molecule has 3 aromatic rings. The third kappa shape index (κ3) is 3.89. The number of benzene rings is 1. The van der Waals surface area contributed by atoms with E-state index < -0.39 is 5.82 Å². The highest BCUT2D eigenvalue weighted by molar-refractivity contribution is 6.30. The van der Waals surface area contributed by atoms with Gasteiger partial charge in [0.2, 0.25) is 0 Å². The fourth-order valence-electron chi connectivity index (χ4n) is 3.26. The van der Waals surface area contributed by atoms with Crippen molar-refractivity contribution in [3.8, 4) is 11.5 Å². The van der Waals surface area contributed by atoms with Crippen molar-refractivity contribution < 1.29 is 9.13 Å². The van der Waals surface area contributed by atoms with Gasteiger partial charge in [-0.1, -0.05) is 11.6 Å². The number of pyridine rings is 1. The van der Waals surface area contributed by atoms with Gasteiger partial charge in [-0.25, -0.2) is 9.37 Å². The minimum Gasteiger partial charge on any atom is -0.450 e. The molecule has 1 saturated heterocycles. The molecular weight excluding hydrogens is 381 g/mol. The summed E-state index contributed by atoms with van der Waals surface area (Å²) in [6.45, 7) is 5.18. The van der Waals surface area contributed by atoms with Crippen LogP contribution in [-0.4, -0.2) is 40.9 Å². The van der Waals surface area contributed by atoms with Crippen molar-refractivity contribution in [2.24, 2.45) is 7.05 Å². The molecule has 6 nitrogen and oxygen atoms in total. The Morgan fingerprint density at radius 2 is 1.75 bits per heavy atom. The van der Waals surface area contributed by atoms with Crippen molar-refractivity contribution in [2.45, 2.75) is 6.92 Å². The lowest BCUT2D eigenvalue weighted by atomic mass is 10.2. The molecule has 0 amide bonds. The van der Waals surface area contributed by atoms with Crippen molar-refractivity contribution in [2.75, 3.05) is 36.0 Å². The normalized spacial score (nSPS) is 14.4. The van der Waals surface area contributed by atoms with Gasteiger partial charge in [0, 0.05) is 50.1 Å². The van der Waals surface area contributed by atoms with E-state index in [2.05, 4.69) is 19.9 Å². The lowest BCUT2D eigenvalue weighted by Gasteiger charge is -2.36. The number of anilines is 2. The summed E-state index contributed by atoms with van der Waals surface area (Å²) in [6.07, 6.45) is 3.89. The summed E-state index contributed by atoms with van der Waals surface area (Å²) in [5.41, 5.74) is 1.99. The second-order valence-electron chi connectivity index (χ2n) is 6.80. The van der Waals surface area contributed by atoms with E-state index in [9.17, 15) is 4.39 Å². The smallest absolute Gasteiger partial charge is 0.172 e. The molecule has 1 aliphatic heterocycles. The van der Waals surface area contributed by atoms with Crippen molar-refractivity contribution in [1.82, 2.24) is 14.8 Å². The van der Waals surface area contributed by atoms with Crippen LogP contribution in [0.5, 0.6) is 11.5 Å². The van der Waals surface area contributed by atoms with Gasteiger partial charge in [0.05, 0.1) is 11.9 Å². The Hall–Kier alpha value is -2.80. The molecule has 2 aromatic heterocycles. The van der Waals surface area contributed by atoms with E-state index in [-0.39, 0.29) is 5.75 Å². The summed E-state index contributed by atoms with van der Waals surface area (Å²) >= 11 is 5.83. The molecule has 0 unspecified atom stereocenters. The Balaban J connectivity index is 1.54. The van der Waals surface area contributed by atoms with Gasteiger partial charge >= 0.3 is 0 Å². The van der Waals surface area contributed by atoms with Crippen LogP contribution in [-0.2, 0) is 7.05 Å². The molecule has 0 saturated carbocycles. The highest BCUT2D eigenvalue weighted by Gasteiger charge is 2.23. The summed E-state index contributed by atoms with van der Waals surface area (Å²) in [6, 6.07) is 8.07. The fourth-order valence-corrected chi connectivity index (χ4v) is 3.42. The molecule has 28 heavy (non-hydrogen) atoms. The van der Waals surface area contributed by atoms with Gasteiger partial charge in [0.1, 0.15) is 0 Å². The van der Waals surface area contributed by atoms with Crippen LogP contribution in [0.1, 0.15) is 5.69 Å². The molecule has 1 aromatic carbocycles. The Morgan fingerprint density at radius 3 is 2.43 bits per heavy atom. The zero-order chi connectivity index (χ0) is 19.7. The second-order valence-corrected chi connectivity index (χ2v) is 7.23. The Bertz CT molecular complexity index is 984. The van der Waals surface area contributed by atoms with Crippen LogP contribution < -0.4 is 14.5 Å². The summed E-state index contributed by atoms with van der Waals surface area (Å²) in [5, 5.41) is 4.57. The molecule has 0 N–H and O–H groups in total. The van der Waals surface area contributed by atoms with E-state index in [4.69, 9.17) is 16.3 Å². The molecule has 146 valence electrons. The average molecular weight is 402 g/mol. The fraction of sp³-hybridized carbons (Fsp3) is 0.300. The number of halogens is 2. The number of aromatic nitrogens is 3. The first-order valence-corrected chi connectivity index (χ1v) is 9.46. The Labute approximate surface area is 168 Å². The van der Waals surface area contributed by atoms with E-state index in [1.54, 1.807) is 10.7 Å². The summed E-state index contributed by atoms with van der Waals surface area (Å²) in [5.74, 6) is 0.882. The zero-order valence-corrected chi connectivity index (χ0v) is 16.5. The quantitative estimate of drug-likeness (QED) is 0.660. The number of nitrogens with zero attached hydrogens (tertiary/aromatic N) is 5. The highest BCUT2D eigenvalue weighted by Crippen LogP contribution is 2.34. The van der Waals surface area contributed by atoms with Gasteiger partial charge in [-0.2, -0.15) is 5.10 Å². The van der Waals surface area contributed by atoms with Gasteiger partial charge in [0.15, 0.2) is 23.1 Å². The first-order chi connectivity index (χ1) is 13.5. The van der Waals surface area contributed by atoms with Crippen molar-refractivity contribution in [1.29, 1.82) is 0 Å². The average Bonchev–Trinajstić information content (AvgIpc) is 3.12. The number of ether oxygens (including phenoxy) is 1. The van der Waals surface area contributed by atoms with E-state index in [0.29, 0.717) is 10.8 Å². The Kier molecular flexibility index (Phi) is 5.09. The van der Waals surface area contributed by atoms with Crippen LogP contribution in [0.15, 0.2) is 42.7 Å². The number of piperazine rings is 1. The molecule has 0 radical (unpaired) electrons. The molecule has 0 spiro atoms. The molecule has 3 heterocycles. The lowest BCUT2D eigenvalue weighted by Crippen LogP contribution is -2.46. The third-order valence-corrected chi connectivity index (χ3v) is 4.96. The molecular formula is C20H21ClFN5O. The summed E-state index contributed by atoms with van der Waals surface area (Å²) in [4.78, 5) is 9.12. The minimum atomic E-state index is -0.500. The maximum absolute atomic E-state index is 14.2. The summed E-state index contributed by atoms with van der Waals surface area (Å²) < 4.78 is 21.8. The molecule has 4 rings (SSSR count). The van der Waals surface area contributed by atoms with Gasteiger partial charge in [-0.3, -0.25) is 4.68 Å². The van der Waals surface area contributed by atoms with Crippen LogP contribution in [0, 0.1) is 12.7 Å². The van der Waals surface area contributed by atoms with Crippen LogP contribution in [0.4, 0.5) is 15.9 Å². The molecule has 0 atom stereocenters. The van der Waals surface area contributed by atoms with Gasteiger partial charge in [-0.05, 0) is 37.3 Å². The van der Waals surface area contributed by atoms with Crippen LogP contribution in [0.25, 0.3) is 0 Å². The minimum absolute atomic E-state index is 0.130. The molecule has 8 heteroatoms. The van der Waals surface area contributed by atoms with Crippen molar-refractivity contribution in [3.05, 3.63) is 59.3 Å². The predicted octanol–water partition coefficient (Wildman–Crippen LogP) is 4.03. The van der Waals surface area contributed by atoms with E-state index in [1.165, 1.54) is 12.1 Å². The Morgan fingerprint density at radius 1 is 1.04 bits per heavy atom. The SMILES string of the molecule is Cc1ccc(Oc2ccc(Cl)cc2F)c(N2CCN(c3cnn(C)c3)CC2)n1. The topological polar surface area (TPSA) is 46.4 Å². The maximum Gasteiger partial charge on any atom is 0.172 e. The third-order valence-electron chi connectivity index (χ3n) is 4.73. The predicted molar refractivity (Wildman–Crippen MR) is 108 cm³/mol. The number of aryl methyl sites for hydroxylation is 2. The van der Waals surface area contributed by atoms with E-state index in [1.807, 2.05) is 38.5 Å². The number of hydrogen-bond acceptors (Lipinski definition) is 5. The molecule has 0 bridgehead atoms. The molecule has 0 aliphatic carbocycles. The highest BCUT2D eigenvalue weighted by atomic mass is 35.5. The number of rotatable bonds is 4. The second kappa shape index (κ2) is 7.67. The van der Waals surface area contributed by atoms with Gasteiger partial charge in [0.25, 0.3) is 0 Å². The molecule has 1 fully saturated rings. The van der Waals surface area contributed by atoms with Gasteiger partial charge < -0.3 is 14.5 Å². The van der Waals surface area contributed by atoms with E-state index >= 15 is 0 Å². The number of hydrogen-bond donors (Lipinski definition) is 0. The monoisotopic (exact) mass is 401 g/mol. The zero-order valence-electron chi connectivity index (χ0n) is 15.8. The van der Waals surface area contributed by atoms with Crippen molar-refractivity contribution in [3.63, 3.8) is 0 Å². The van der Waals surface area contributed by atoms with Crippen LogP contribution >= 0.6 is 11.6 Å². The lowest BCUT2D eigenvalue weighted by molar-refractivity contribution is 0.439. The molecule has 1 aliphatic rings. The van der Waals surface area contributed by atoms with Crippen LogP contribution in [0.2, 0.25) is 5.02 Å². The van der Waals surface area contributed by atoms with Gasteiger partial charge in [-0.15, -0.1) is 0 Å².